The molecule has 0 atom stereocenters. The Labute approximate surface area is 186 Å². The van der Waals surface area contributed by atoms with E-state index in [2.05, 4.69) is 44.8 Å². The topological polar surface area (TPSA) is 73.8 Å². The number of benzene rings is 2. The maximum absolute atomic E-state index is 11.8. The SMILES string of the molecule is CN=C(NCc1ccc(CN2CCCCC2)cc1)NCc1ccc(S(C)(=O)=O)c(C)c1. The lowest BCUT2D eigenvalue weighted by Crippen LogP contribution is -2.36. The fourth-order valence-electron chi connectivity index (χ4n) is 3.97. The summed E-state index contributed by atoms with van der Waals surface area (Å²) in [6.07, 6.45) is 5.23. The van der Waals surface area contributed by atoms with Gasteiger partial charge in [-0.25, -0.2) is 8.42 Å². The van der Waals surface area contributed by atoms with Crippen molar-refractivity contribution in [1.82, 2.24) is 15.5 Å². The van der Waals surface area contributed by atoms with E-state index in [-0.39, 0.29) is 0 Å². The van der Waals surface area contributed by atoms with Gasteiger partial charge in [-0.1, -0.05) is 42.8 Å². The fraction of sp³-hybridized carbons (Fsp3) is 0.458. The quantitative estimate of drug-likeness (QED) is 0.509. The van der Waals surface area contributed by atoms with Crippen LogP contribution in [-0.2, 0) is 29.5 Å². The molecule has 168 valence electrons. The first kappa shape index (κ1) is 23.3. The van der Waals surface area contributed by atoms with Crippen LogP contribution in [0.3, 0.4) is 0 Å². The van der Waals surface area contributed by atoms with Gasteiger partial charge in [-0.15, -0.1) is 0 Å². The van der Waals surface area contributed by atoms with E-state index in [0.717, 1.165) is 17.7 Å². The third kappa shape index (κ3) is 7.08. The van der Waals surface area contributed by atoms with Crippen molar-refractivity contribution >= 4 is 15.8 Å². The molecule has 1 heterocycles. The average molecular weight is 443 g/mol. The van der Waals surface area contributed by atoms with Crippen LogP contribution in [0.15, 0.2) is 52.4 Å². The number of aliphatic imine (C=N–C) groups is 1. The molecule has 0 saturated carbocycles. The molecule has 3 rings (SSSR count). The van der Waals surface area contributed by atoms with Crippen LogP contribution in [0.2, 0.25) is 0 Å². The maximum Gasteiger partial charge on any atom is 0.191 e. The van der Waals surface area contributed by atoms with Crippen molar-refractivity contribution in [3.8, 4) is 0 Å². The number of rotatable bonds is 7. The number of nitrogens with zero attached hydrogens (tertiary/aromatic N) is 2. The van der Waals surface area contributed by atoms with E-state index in [1.165, 1.54) is 49.7 Å². The molecular formula is C24H34N4O2S. The van der Waals surface area contributed by atoms with Gasteiger partial charge in [0.25, 0.3) is 0 Å². The lowest BCUT2D eigenvalue weighted by atomic mass is 10.1. The summed E-state index contributed by atoms with van der Waals surface area (Å²) in [4.78, 5) is 7.20. The molecule has 0 amide bonds. The van der Waals surface area contributed by atoms with E-state index in [0.29, 0.717) is 23.9 Å². The molecule has 1 aliphatic rings. The van der Waals surface area contributed by atoms with E-state index >= 15 is 0 Å². The first-order valence-electron chi connectivity index (χ1n) is 10.9. The zero-order valence-corrected chi connectivity index (χ0v) is 19.6. The van der Waals surface area contributed by atoms with E-state index in [4.69, 9.17) is 0 Å². The predicted molar refractivity (Wildman–Crippen MR) is 127 cm³/mol. The van der Waals surface area contributed by atoms with Crippen LogP contribution in [0.5, 0.6) is 0 Å². The second kappa shape index (κ2) is 10.8. The molecule has 0 aliphatic carbocycles. The summed E-state index contributed by atoms with van der Waals surface area (Å²) < 4.78 is 23.5. The minimum Gasteiger partial charge on any atom is -0.352 e. The zero-order valence-electron chi connectivity index (χ0n) is 18.8. The van der Waals surface area contributed by atoms with Gasteiger partial charge in [-0.05, 0) is 61.2 Å². The Morgan fingerprint density at radius 3 is 2.10 bits per heavy atom. The van der Waals surface area contributed by atoms with E-state index in [1.807, 2.05) is 19.1 Å². The largest absolute Gasteiger partial charge is 0.352 e. The molecule has 7 heteroatoms. The van der Waals surface area contributed by atoms with Gasteiger partial charge in [0.2, 0.25) is 0 Å². The lowest BCUT2D eigenvalue weighted by molar-refractivity contribution is 0.221. The molecule has 0 unspecified atom stereocenters. The molecule has 1 fully saturated rings. The van der Waals surface area contributed by atoms with E-state index < -0.39 is 9.84 Å². The minimum atomic E-state index is -3.20. The van der Waals surface area contributed by atoms with Crippen LogP contribution in [0.25, 0.3) is 0 Å². The Kier molecular flexibility index (Phi) is 8.09. The van der Waals surface area contributed by atoms with E-state index in [1.54, 1.807) is 13.1 Å². The summed E-state index contributed by atoms with van der Waals surface area (Å²) in [5.74, 6) is 0.710. The number of piperidine rings is 1. The number of hydrogen-bond acceptors (Lipinski definition) is 4. The molecule has 2 aromatic rings. The summed E-state index contributed by atoms with van der Waals surface area (Å²) in [5.41, 5.74) is 4.34. The number of guanidine groups is 1. The van der Waals surface area contributed by atoms with Crippen LogP contribution < -0.4 is 10.6 Å². The Bertz CT molecular complexity index is 995. The van der Waals surface area contributed by atoms with Crippen LogP contribution in [0.4, 0.5) is 0 Å². The van der Waals surface area contributed by atoms with Crippen LogP contribution in [-0.4, -0.2) is 45.7 Å². The summed E-state index contributed by atoms with van der Waals surface area (Å²) in [7, 11) is -1.45. The van der Waals surface area contributed by atoms with E-state index in [9.17, 15) is 8.42 Å². The molecule has 0 radical (unpaired) electrons. The molecule has 1 aliphatic heterocycles. The second-order valence-electron chi connectivity index (χ2n) is 8.30. The van der Waals surface area contributed by atoms with Crippen LogP contribution in [0, 0.1) is 6.92 Å². The van der Waals surface area contributed by atoms with Gasteiger partial charge >= 0.3 is 0 Å². The highest BCUT2D eigenvalue weighted by Gasteiger charge is 2.12. The summed E-state index contributed by atoms with van der Waals surface area (Å²) in [6, 6.07) is 14.2. The molecular weight excluding hydrogens is 408 g/mol. The Hall–Kier alpha value is -2.38. The van der Waals surface area contributed by atoms with Gasteiger partial charge < -0.3 is 10.6 Å². The molecule has 6 nitrogen and oxygen atoms in total. The Morgan fingerprint density at radius 1 is 0.935 bits per heavy atom. The monoisotopic (exact) mass is 442 g/mol. The molecule has 31 heavy (non-hydrogen) atoms. The minimum absolute atomic E-state index is 0.377. The first-order valence-corrected chi connectivity index (χ1v) is 12.8. The van der Waals surface area contributed by atoms with Gasteiger partial charge in [0.1, 0.15) is 0 Å². The number of hydrogen-bond donors (Lipinski definition) is 2. The standard InChI is InChI=1S/C24H34N4O2S/c1-19-15-22(11-12-23(19)31(3,29)30)17-27-24(25-2)26-16-20-7-9-21(10-8-20)18-28-13-5-4-6-14-28/h7-12,15H,4-6,13-14,16-18H2,1-3H3,(H2,25,26,27). The van der Waals surface area contributed by atoms with Crippen molar-refractivity contribution in [3.63, 3.8) is 0 Å². The van der Waals surface area contributed by atoms with Gasteiger partial charge in [-0.2, -0.15) is 0 Å². The normalized spacial score (nSPS) is 15.6. The van der Waals surface area contributed by atoms with Crippen molar-refractivity contribution in [3.05, 3.63) is 64.7 Å². The highest BCUT2D eigenvalue weighted by Crippen LogP contribution is 2.17. The Balaban J connectivity index is 1.48. The zero-order chi connectivity index (χ0) is 22.3. The number of sulfone groups is 1. The van der Waals surface area contributed by atoms with Crippen molar-refractivity contribution in [2.75, 3.05) is 26.4 Å². The number of aryl methyl sites for hydroxylation is 1. The highest BCUT2D eigenvalue weighted by atomic mass is 32.2. The molecule has 1 saturated heterocycles. The van der Waals surface area contributed by atoms with Crippen molar-refractivity contribution in [1.29, 1.82) is 0 Å². The van der Waals surface area contributed by atoms with Crippen molar-refractivity contribution < 1.29 is 8.42 Å². The lowest BCUT2D eigenvalue weighted by Gasteiger charge is -2.26. The van der Waals surface area contributed by atoms with Crippen molar-refractivity contribution in [2.24, 2.45) is 4.99 Å². The summed E-state index contributed by atoms with van der Waals surface area (Å²) >= 11 is 0. The summed E-state index contributed by atoms with van der Waals surface area (Å²) in [6.45, 7) is 6.54. The molecule has 2 N–H and O–H groups in total. The third-order valence-corrected chi connectivity index (χ3v) is 6.92. The Morgan fingerprint density at radius 2 is 1.52 bits per heavy atom. The van der Waals surface area contributed by atoms with Crippen LogP contribution in [0.1, 0.15) is 41.5 Å². The first-order chi connectivity index (χ1) is 14.8. The van der Waals surface area contributed by atoms with Gasteiger partial charge in [-0.3, -0.25) is 9.89 Å². The molecule has 0 spiro atoms. The van der Waals surface area contributed by atoms with Gasteiger partial charge in [0, 0.05) is 32.9 Å². The third-order valence-electron chi connectivity index (χ3n) is 5.66. The maximum atomic E-state index is 11.8. The number of nitrogens with one attached hydrogen (secondary N) is 2. The highest BCUT2D eigenvalue weighted by molar-refractivity contribution is 7.90. The van der Waals surface area contributed by atoms with Gasteiger partial charge in [0.15, 0.2) is 15.8 Å². The fourth-order valence-corrected chi connectivity index (χ4v) is 4.93. The van der Waals surface area contributed by atoms with Gasteiger partial charge in [0.05, 0.1) is 4.90 Å². The average Bonchev–Trinajstić information content (AvgIpc) is 2.75. The van der Waals surface area contributed by atoms with Crippen molar-refractivity contribution in [2.45, 2.75) is 50.7 Å². The molecule has 0 bridgehead atoms. The number of likely N-dealkylation sites (tertiary alicyclic amines) is 1. The predicted octanol–water partition coefficient (Wildman–Crippen LogP) is 3.25. The second-order valence-corrected chi connectivity index (χ2v) is 10.3. The molecule has 0 aromatic heterocycles. The smallest absolute Gasteiger partial charge is 0.191 e. The molecule has 2 aromatic carbocycles. The summed E-state index contributed by atoms with van der Waals surface area (Å²) in [5, 5.41) is 6.63. The van der Waals surface area contributed by atoms with Crippen LogP contribution >= 0.6 is 0 Å².